The van der Waals surface area contributed by atoms with Gasteiger partial charge in [-0.15, -0.1) is 0 Å². The molecule has 24 heavy (non-hydrogen) atoms. The van der Waals surface area contributed by atoms with E-state index in [1.54, 1.807) is 23.7 Å². The fourth-order valence-corrected chi connectivity index (χ4v) is 4.46. The molecule has 0 aromatic carbocycles. The quantitative estimate of drug-likeness (QED) is 0.755. The predicted octanol–water partition coefficient (Wildman–Crippen LogP) is -0.478. The highest BCUT2D eigenvalue weighted by Crippen LogP contribution is 2.19. The first-order valence-corrected chi connectivity index (χ1v) is 9.58. The Morgan fingerprint density at radius 3 is 2.33 bits per heavy atom. The van der Waals surface area contributed by atoms with Crippen LogP contribution >= 0.6 is 11.8 Å². The van der Waals surface area contributed by atoms with Crippen LogP contribution in [0.2, 0.25) is 0 Å². The second-order valence-corrected chi connectivity index (χ2v) is 7.66. The first-order chi connectivity index (χ1) is 11.5. The topological polar surface area (TPSA) is 66.3 Å². The molecule has 132 valence electrons. The monoisotopic (exact) mass is 352 g/mol. The molecule has 2 aromatic heterocycles. The van der Waals surface area contributed by atoms with Crippen LogP contribution in [0.4, 0.5) is 0 Å². The number of nitrogens with zero attached hydrogens (tertiary/aromatic N) is 4. The van der Waals surface area contributed by atoms with E-state index in [1.165, 1.54) is 50.4 Å². The Hall–Kier alpha value is -1.54. The van der Waals surface area contributed by atoms with E-state index < -0.39 is 0 Å². The zero-order valence-electron chi connectivity index (χ0n) is 14.7. The van der Waals surface area contributed by atoms with E-state index in [-0.39, 0.29) is 11.2 Å². The van der Waals surface area contributed by atoms with Gasteiger partial charge in [0.25, 0.3) is 5.56 Å². The molecular weight excluding hydrogens is 326 g/mol. The van der Waals surface area contributed by atoms with E-state index in [4.69, 9.17) is 0 Å². The van der Waals surface area contributed by atoms with Crippen molar-refractivity contribution in [3.63, 3.8) is 0 Å². The maximum atomic E-state index is 12.3. The minimum Gasteiger partial charge on any atom is -0.334 e. The second-order valence-electron chi connectivity index (χ2n) is 6.59. The molecule has 0 aliphatic carbocycles. The summed E-state index contributed by atoms with van der Waals surface area (Å²) in [6, 6.07) is 0. The molecule has 0 spiro atoms. The highest BCUT2D eigenvalue weighted by molar-refractivity contribution is 7.99. The average Bonchev–Trinajstić information content (AvgIpc) is 2.76. The largest absolute Gasteiger partial charge is 0.334 e. The summed E-state index contributed by atoms with van der Waals surface area (Å²) in [6.45, 7) is 3.64. The van der Waals surface area contributed by atoms with E-state index in [0.29, 0.717) is 11.2 Å². The van der Waals surface area contributed by atoms with Crippen molar-refractivity contribution in [1.82, 2.24) is 18.7 Å². The molecule has 3 heterocycles. The number of rotatable bonds is 4. The lowest BCUT2D eigenvalue weighted by molar-refractivity contribution is -0.896. The van der Waals surface area contributed by atoms with Gasteiger partial charge in [0.05, 0.1) is 25.4 Å². The van der Waals surface area contributed by atoms with Gasteiger partial charge in [-0.3, -0.25) is 13.9 Å². The smallest absolute Gasteiger partial charge is 0.332 e. The van der Waals surface area contributed by atoms with Crippen LogP contribution in [0.25, 0.3) is 11.2 Å². The Morgan fingerprint density at radius 2 is 1.67 bits per heavy atom. The summed E-state index contributed by atoms with van der Waals surface area (Å²) in [5, 5.41) is 0.803. The van der Waals surface area contributed by atoms with Crippen LogP contribution in [0.3, 0.4) is 0 Å². The summed E-state index contributed by atoms with van der Waals surface area (Å²) in [4.78, 5) is 30.5. The molecule has 2 aromatic rings. The lowest BCUT2D eigenvalue weighted by atomic mass is 10.2. The molecule has 1 aliphatic rings. The summed E-state index contributed by atoms with van der Waals surface area (Å²) in [5.41, 5.74) is 0.314. The molecule has 1 N–H and O–H groups in total. The minimum absolute atomic E-state index is 0.318. The van der Waals surface area contributed by atoms with Gasteiger partial charge in [-0.25, -0.2) is 9.78 Å². The molecule has 0 saturated carbocycles. The summed E-state index contributed by atoms with van der Waals surface area (Å²) in [7, 11) is 5.05. The maximum absolute atomic E-state index is 12.3. The third-order valence-electron chi connectivity index (χ3n) is 4.92. The van der Waals surface area contributed by atoms with Gasteiger partial charge in [0.15, 0.2) is 16.3 Å². The van der Waals surface area contributed by atoms with Crippen molar-refractivity contribution < 1.29 is 4.90 Å². The van der Waals surface area contributed by atoms with Crippen molar-refractivity contribution >= 4 is 22.9 Å². The highest BCUT2D eigenvalue weighted by Gasteiger charge is 2.18. The van der Waals surface area contributed by atoms with Gasteiger partial charge in [0, 0.05) is 21.1 Å². The van der Waals surface area contributed by atoms with E-state index >= 15 is 0 Å². The number of imidazole rings is 1. The molecular formula is C16H26N5O2S+. The van der Waals surface area contributed by atoms with Crippen molar-refractivity contribution in [3.05, 3.63) is 20.8 Å². The molecule has 1 saturated heterocycles. The average molecular weight is 352 g/mol. The van der Waals surface area contributed by atoms with Gasteiger partial charge in [-0.2, -0.15) is 0 Å². The lowest BCUT2D eigenvalue weighted by Crippen LogP contribution is -3.12. The van der Waals surface area contributed by atoms with E-state index in [9.17, 15) is 9.59 Å². The standard InChI is InChI=1S/C16H25N5O2S/c1-18-13-12(14(22)20(3)16(23)19(13)2)17-15(18)24-11-10-21-8-6-4-5-7-9-21/h4-11H2,1-3H3/p+1. The Morgan fingerprint density at radius 1 is 1.00 bits per heavy atom. The first-order valence-electron chi connectivity index (χ1n) is 8.59. The van der Waals surface area contributed by atoms with Gasteiger partial charge in [-0.1, -0.05) is 11.8 Å². The zero-order valence-corrected chi connectivity index (χ0v) is 15.5. The number of aryl methyl sites for hydroxylation is 2. The van der Waals surface area contributed by atoms with Crippen LogP contribution in [-0.2, 0) is 21.1 Å². The zero-order chi connectivity index (χ0) is 17.3. The molecule has 0 unspecified atom stereocenters. The van der Waals surface area contributed by atoms with Crippen LogP contribution in [-0.4, -0.2) is 44.1 Å². The molecule has 7 nitrogen and oxygen atoms in total. The fraction of sp³-hybridized carbons (Fsp3) is 0.688. The molecule has 1 fully saturated rings. The van der Waals surface area contributed by atoms with Gasteiger partial charge < -0.3 is 9.47 Å². The summed E-state index contributed by atoms with van der Waals surface area (Å²) in [6.07, 6.45) is 5.37. The maximum Gasteiger partial charge on any atom is 0.332 e. The number of hydrogen-bond donors (Lipinski definition) is 1. The SMILES string of the molecule is Cn1c(=O)c2nc(SCC[NH+]3CCCCCC3)n(C)c2n(C)c1=O. The number of thioether (sulfide) groups is 1. The molecule has 0 atom stereocenters. The van der Waals surface area contributed by atoms with Crippen LogP contribution in [0.5, 0.6) is 0 Å². The third kappa shape index (κ3) is 3.17. The van der Waals surface area contributed by atoms with Gasteiger partial charge >= 0.3 is 5.69 Å². The van der Waals surface area contributed by atoms with E-state index in [2.05, 4.69) is 4.98 Å². The predicted molar refractivity (Wildman–Crippen MR) is 96.0 cm³/mol. The van der Waals surface area contributed by atoms with Crippen LogP contribution in [0.15, 0.2) is 14.7 Å². The van der Waals surface area contributed by atoms with E-state index in [1.807, 2.05) is 11.6 Å². The number of hydrogen-bond acceptors (Lipinski definition) is 4. The van der Waals surface area contributed by atoms with Crippen molar-refractivity contribution in [2.24, 2.45) is 21.1 Å². The molecule has 0 bridgehead atoms. The molecule has 3 rings (SSSR count). The van der Waals surface area contributed by atoms with E-state index in [0.717, 1.165) is 22.0 Å². The normalized spacial score (nSPS) is 16.6. The number of nitrogens with one attached hydrogen (secondary N) is 1. The molecule has 0 amide bonds. The van der Waals surface area contributed by atoms with Gasteiger partial charge in [0.2, 0.25) is 0 Å². The summed E-state index contributed by atoms with van der Waals surface area (Å²) in [5.74, 6) is 0.973. The van der Waals surface area contributed by atoms with Crippen molar-refractivity contribution in [3.8, 4) is 0 Å². The fourth-order valence-electron chi connectivity index (χ4n) is 3.45. The lowest BCUT2D eigenvalue weighted by Gasteiger charge is -2.16. The number of likely N-dealkylation sites (tertiary alicyclic amines) is 1. The Labute approximate surface area is 145 Å². The molecule has 8 heteroatoms. The number of quaternary nitrogens is 1. The van der Waals surface area contributed by atoms with Crippen molar-refractivity contribution in [2.45, 2.75) is 30.8 Å². The Bertz CT molecular complexity index is 843. The first kappa shape index (κ1) is 17.3. The molecule has 1 aliphatic heterocycles. The second kappa shape index (κ2) is 7.14. The van der Waals surface area contributed by atoms with Crippen LogP contribution in [0, 0.1) is 0 Å². The van der Waals surface area contributed by atoms with Gasteiger partial charge in [0.1, 0.15) is 0 Å². The highest BCUT2D eigenvalue weighted by atomic mass is 32.2. The molecule has 0 radical (unpaired) electrons. The Kier molecular flexibility index (Phi) is 5.15. The summed E-state index contributed by atoms with van der Waals surface area (Å²) < 4.78 is 4.47. The minimum atomic E-state index is -0.325. The Balaban J connectivity index is 1.79. The van der Waals surface area contributed by atoms with Gasteiger partial charge in [-0.05, 0) is 25.7 Å². The third-order valence-corrected chi connectivity index (χ3v) is 5.95. The number of aromatic nitrogens is 4. The summed E-state index contributed by atoms with van der Waals surface area (Å²) >= 11 is 1.67. The van der Waals surface area contributed by atoms with Crippen molar-refractivity contribution in [2.75, 3.05) is 25.4 Å². The van der Waals surface area contributed by atoms with Crippen LogP contribution < -0.4 is 16.1 Å². The van der Waals surface area contributed by atoms with Crippen LogP contribution in [0.1, 0.15) is 25.7 Å². The van der Waals surface area contributed by atoms with Crippen molar-refractivity contribution in [1.29, 1.82) is 0 Å². The number of fused-ring (bicyclic) bond motifs is 1.